The second kappa shape index (κ2) is 6.48. The zero-order chi connectivity index (χ0) is 14.5. The van der Waals surface area contributed by atoms with Crippen LogP contribution in [0.4, 0.5) is 10.1 Å². The summed E-state index contributed by atoms with van der Waals surface area (Å²) in [7, 11) is 0. The minimum absolute atomic E-state index is 0.318. The van der Waals surface area contributed by atoms with Crippen molar-refractivity contribution in [2.24, 2.45) is 0 Å². The summed E-state index contributed by atoms with van der Waals surface area (Å²) in [5.41, 5.74) is 2.01. The molecular weight excluding hydrogens is 255 g/mol. The molecule has 0 bridgehead atoms. The third kappa shape index (κ3) is 3.33. The molecule has 0 aliphatic rings. The molecule has 3 nitrogen and oxygen atoms in total. The van der Waals surface area contributed by atoms with E-state index >= 15 is 0 Å². The molecule has 0 unspecified atom stereocenters. The summed E-state index contributed by atoms with van der Waals surface area (Å²) in [6, 6.07) is 10.6. The van der Waals surface area contributed by atoms with E-state index in [9.17, 15) is 9.50 Å². The van der Waals surface area contributed by atoms with Crippen molar-refractivity contribution in [2.45, 2.75) is 26.5 Å². The molecule has 0 fully saturated rings. The third-order valence-corrected chi connectivity index (χ3v) is 3.26. The molecule has 20 heavy (non-hydrogen) atoms. The second-order valence-corrected chi connectivity index (χ2v) is 4.72. The minimum Gasteiger partial charge on any atom is -0.389 e. The number of aliphatic hydroxyl groups is 1. The van der Waals surface area contributed by atoms with Crippen molar-refractivity contribution in [1.29, 1.82) is 0 Å². The topological polar surface area (TPSA) is 36.4 Å². The molecule has 0 spiro atoms. The van der Waals surface area contributed by atoms with E-state index in [0.29, 0.717) is 24.3 Å². The smallest absolute Gasteiger partial charge is 0.146 e. The van der Waals surface area contributed by atoms with E-state index in [0.717, 1.165) is 5.69 Å². The molecule has 0 amide bonds. The van der Waals surface area contributed by atoms with Gasteiger partial charge in [0, 0.05) is 12.7 Å². The Hall–Kier alpha value is -1.94. The summed E-state index contributed by atoms with van der Waals surface area (Å²) in [6.07, 6.45) is 1.07. The highest BCUT2D eigenvalue weighted by atomic mass is 19.1. The van der Waals surface area contributed by atoms with Crippen molar-refractivity contribution in [3.05, 3.63) is 59.7 Å². The van der Waals surface area contributed by atoms with Crippen molar-refractivity contribution in [2.75, 3.05) is 11.4 Å². The van der Waals surface area contributed by atoms with Crippen LogP contribution in [0.1, 0.15) is 31.2 Å². The Morgan fingerprint density at radius 1 is 1.30 bits per heavy atom. The number of benzene rings is 1. The Bertz CT molecular complexity index is 558. The SMILES string of the molecule is CCN(Cc1ccccn1)c1ccc([C@H](C)O)cc1F. The number of rotatable bonds is 5. The Morgan fingerprint density at radius 3 is 2.65 bits per heavy atom. The molecule has 1 heterocycles. The summed E-state index contributed by atoms with van der Waals surface area (Å²) in [5, 5.41) is 9.48. The largest absolute Gasteiger partial charge is 0.389 e. The number of hydrogen-bond acceptors (Lipinski definition) is 3. The van der Waals surface area contributed by atoms with E-state index in [4.69, 9.17) is 0 Å². The van der Waals surface area contributed by atoms with Gasteiger partial charge in [0.2, 0.25) is 0 Å². The highest BCUT2D eigenvalue weighted by Gasteiger charge is 2.13. The standard InChI is InChI=1S/C16H19FN2O/c1-3-19(11-14-6-4-5-9-18-14)16-8-7-13(12(2)20)10-15(16)17/h4-10,12,20H,3,11H2,1-2H3/t12-/m0/s1. The number of aromatic nitrogens is 1. The van der Waals surface area contributed by atoms with Gasteiger partial charge in [-0.05, 0) is 43.7 Å². The lowest BCUT2D eigenvalue weighted by Crippen LogP contribution is -2.23. The van der Waals surface area contributed by atoms with Crippen molar-refractivity contribution >= 4 is 5.69 Å². The van der Waals surface area contributed by atoms with E-state index in [2.05, 4.69) is 4.98 Å². The number of pyridine rings is 1. The molecular formula is C16H19FN2O. The van der Waals surface area contributed by atoms with Gasteiger partial charge in [-0.2, -0.15) is 0 Å². The molecule has 0 aliphatic heterocycles. The van der Waals surface area contributed by atoms with Crippen LogP contribution in [0.25, 0.3) is 0 Å². The molecule has 1 atom stereocenters. The summed E-state index contributed by atoms with van der Waals surface area (Å²) < 4.78 is 14.2. The molecule has 1 aromatic carbocycles. The van der Waals surface area contributed by atoms with Gasteiger partial charge in [-0.1, -0.05) is 12.1 Å². The van der Waals surface area contributed by atoms with E-state index in [-0.39, 0.29) is 5.82 Å². The average Bonchev–Trinajstić information content (AvgIpc) is 2.46. The number of hydrogen-bond donors (Lipinski definition) is 1. The summed E-state index contributed by atoms with van der Waals surface area (Å²) in [4.78, 5) is 6.18. The van der Waals surface area contributed by atoms with Gasteiger partial charge in [0.15, 0.2) is 0 Å². The molecule has 0 saturated carbocycles. The monoisotopic (exact) mass is 274 g/mol. The fourth-order valence-corrected chi connectivity index (χ4v) is 2.09. The summed E-state index contributed by atoms with van der Waals surface area (Å²) in [6.45, 7) is 4.84. The Morgan fingerprint density at radius 2 is 2.10 bits per heavy atom. The van der Waals surface area contributed by atoms with Gasteiger partial charge in [0.25, 0.3) is 0 Å². The maximum absolute atomic E-state index is 14.2. The maximum atomic E-state index is 14.2. The Kier molecular flexibility index (Phi) is 4.69. The van der Waals surface area contributed by atoms with Crippen LogP contribution in [0.5, 0.6) is 0 Å². The number of aliphatic hydroxyl groups excluding tert-OH is 1. The highest BCUT2D eigenvalue weighted by Crippen LogP contribution is 2.24. The van der Waals surface area contributed by atoms with Crippen LogP contribution >= 0.6 is 0 Å². The highest BCUT2D eigenvalue weighted by molar-refractivity contribution is 5.49. The van der Waals surface area contributed by atoms with Crippen LogP contribution in [-0.4, -0.2) is 16.6 Å². The van der Waals surface area contributed by atoms with Gasteiger partial charge >= 0.3 is 0 Å². The van der Waals surface area contributed by atoms with Gasteiger partial charge in [-0.25, -0.2) is 4.39 Å². The van der Waals surface area contributed by atoms with Gasteiger partial charge < -0.3 is 10.0 Å². The lowest BCUT2D eigenvalue weighted by molar-refractivity contribution is 0.199. The lowest BCUT2D eigenvalue weighted by Gasteiger charge is -2.23. The van der Waals surface area contributed by atoms with Crippen LogP contribution in [0.15, 0.2) is 42.6 Å². The molecule has 2 rings (SSSR count). The zero-order valence-electron chi connectivity index (χ0n) is 11.8. The van der Waals surface area contributed by atoms with Gasteiger partial charge in [0.05, 0.1) is 24.0 Å². The predicted octanol–water partition coefficient (Wildman–Crippen LogP) is 3.30. The van der Waals surface area contributed by atoms with Gasteiger partial charge in [0.1, 0.15) is 5.82 Å². The molecule has 106 valence electrons. The van der Waals surface area contributed by atoms with Crippen LogP contribution in [0.3, 0.4) is 0 Å². The summed E-state index contributed by atoms with van der Waals surface area (Å²) >= 11 is 0. The van der Waals surface area contributed by atoms with Crippen LogP contribution in [0.2, 0.25) is 0 Å². The van der Waals surface area contributed by atoms with E-state index in [1.807, 2.05) is 30.0 Å². The fraction of sp³-hybridized carbons (Fsp3) is 0.312. The van der Waals surface area contributed by atoms with Crippen molar-refractivity contribution in [3.8, 4) is 0 Å². The first-order chi connectivity index (χ1) is 9.61. The molecule has 1 aromatic heterocycles. The molecule has 4 heteroatoms. The quantitative estimate of drug-likeness (QED) is 0.908. The maximum Gasteiger partial charge on any atom is 0.146 e. The number of halogens is 1. The van der Waals surface area contributed by atoms with E-state index in [1.54, 1.807) is 25.3 Å². The minimum atomic E-state index is -0.663. The normalized spacial score (nSPS) is 12.2. The van der Waals surface area contributed by atoms with Gasteiger partial charge in [-0.15, -0.1) is 0 Å². The lowest BCUT2D eigenvalue weighted by atomic mass is 10.1. The van der Waals surface area contributed by atoms with Crippen molar-refractivity contribution in [1.82, 2.24) is 4.98 Å². The van der Waals surface area contributed by atoms with Crippen LogP contribution in [-0.2, 0) is 6.54 Å². The molecule has 0 aliphatic carbocycles. The molecule has 0 saturated heterocycles. The number of nitrogens with zero attached hydrogens (tertiary/aromatic N) is 2. The Labute approximate surface area is 118 Å². The molecule has 2 aromatic rings. The van der Waals surface area contributed by atoms with E-state index < -0.39 is 6.10 Å². The second-order valence-electron chi connectivity index (χ2n) is 4.72. The first kappa shape index (κ1) is 14.5. The zero-order valence-corrected chi connectivity index (χ0v) is 11.8. The van der Waals surface area contributed by atoms with Crippen LogP contribution < -0.4 is 4.90 Å². The van der Waals surface area contributed by atoms with Crippen molar-refractivity contribution in [3.63, 3.8) is 0 Å². The first-order valence-electron chi connectivity index (χ1n) is 6.74. The third-order valence-electron chi connectivity index (χ3n) is 3.26. The van der Waals surface area contributed by atoms with E-state index in [1.165, 1.54) is 6.07 Å². The van der Waals surface area contributed by atoms with Crippen molar-refractivity contribution < 1.29 is 9.50 Å². The first-order valence-corrected chi connectivity index (χ1v) is 6.74. The molecule has 0 radical (unpaired) electrons. The average molecular weight is 274 g/mol. The van der Waals surface area contributed by atoms with Gasteiger partial charge in [-0.3, -0.25) is 4.98 Å². The summed E-state index contributed by atoms with van der Waals surface area (Å²) in [5.74, 6) is -0.318. The fourth-order valence-electron chi connectivity index (χ4n) is 2.09. The molecule has 1 N–H and O–H groups in total. The Balaban J connectivity index is 2.23. The van der Waals surface area contributed by atoms with Crippen LogP contribution in [0, 0.1) is 5.82 Å². The predicted molar refractivity (Wildman–Crippen MR) is 78.0 cm³/mol. The number of anilines is 1.